The Labute approximate surface area is 78.8 Å². The van der Waals surface area contributed by atoms with E-state index in [1.807, 2.05) is 6.92 Å². The summed E-state index contributed by atoms with van der Waals surface area (Å²) in [4.78, 5) is 10.6. The summed E-state index contributed by atoms with van der Waals surface area (Å²) in [5, 5.41) is 0.0592. The Kier molecular flexibility index (Phi) is 8.01. The van der Waals surface area contributed by atoms with Crippen LogP contribution in [0, 0.1) is 0 Å². The summed E-state index contributed by atoms with van der Waals surface area (Å²) < 4.78 is 4.83. The molecule has 0 aromatic rings. The van der Waals surface area contributed by atoms with Gasteiger partial charge in [0.15, 0.2) is 0 Å². The fourth-order valence-electron chi connectivity index (χ4n) is 0.330. The van der Waals surface area contributed by atoms with Gasteiger partial charge in [-0.25, -0.2) is 4.79 Å². The van der Waals surface area contributed by atoms with E-state index in [-0.39, 0.29) is 23.8 Å². The summed E-state index contributed by atoms with van der Waals surface area (Å²) in [6, 6.07) is 0. The molecular weight excluding hydrogens is 184 g/mol. The minimum Gasteiger partial charge on any atom is -0.458 e. The zero-order chi connectivity index (χ0) is 8.15. The number of carbonyl (C=O) groups excluding carboxylic acids is 1. The highest BCUT2D eigenvalue weighted by molar-refractivity contribution is 7.81. The van der Waals surface area contributed by atoms with Crippen LogP contribution in [0.4, 0.5) is 0 Å². The lowest BCUT2D eigenvalue weighted by molar-refractivity contribution is -0.141. The Hall–Kier alpha value is -0.150. The molecule has 0 saturated carbocycles. The smallest absolute Gasteiger partial charge is 0.330 e. The summed E-state index contributed by atoms with van der Waals surface area (Å²) in [5.74, 6) is -0.395. The first-order chi connectivity index (χ1) is 4.57. The van der Waals surface area contributed by atoms with Crippen LogP contribution in [-0.4, -0.2) is 17.3 Å². The van der Waals surface area contributed by atoms with Crippen LogP contribution in [0.3, 0.4) is 0 Å². The molecule has 0 N–H and O–H groups in total. The fourth-order valence-corrected chi connectivity index (χ4v) is 0.391. The first-order valence-corrected chi connectivity index (χ1v) is 3.60. The van der Waals surface area contributed by atoms with Crippen LogP contribution < -0.4 is 0 Å². The number of thiol groups is 1. The third kappa shape index (κ3) is 6.26. The molecule has 0 radical (unpaired) electrons. The van der Waals surface area contributed by atoms with Crippen molar-refractivity contribution in [3.05, 3.63) is 12.7 Å². The molecule has 0 aliphatic carbocycles. The van der Waals surface area contributed by atoms with Gasteiger partial charge in [0.25, 0.3) is 0 Å². The quantitative estimate of drug-likeness (QED) is 0.424. The first kappa shape index (κ1) is 13.4. The second kappa shape index (κ2) is 6.55. The van der Waals surface area contributed by atoms with Gasteiger partial charge >= 0.3 is 5.97 Å². The topological polar surface area (TPSA) is 26.3 Å². The number of halogens is 1. The standard InChI is InChI=1S/C7H12O2S.ClH/c1-4-7(8)9-5(2)6(3)10;/h4-6,10H,1H2,2-3H3;1H. The molecule has 0 aromatic heterocycles. The van der Waals surface area contributed by atoms with E-state index >= 15 is 0 Å². The minimum absolute atomic E-state index is 0. The maximum absolute atomic E-state index is 10.6. The SMILES string of the molecule is C=CC(=O)OC(C)C(C)S.Cl. The van der Waals surface area contributed by atoms with Gasteiger partial charge in [-0.1, -0.05) is 6.58 Å². The highest BCUT2D eigenvalue weighted by Crippen LogP contribution is 2.04. The molecule has 0 saturated heterocycles. The average Bonchev–Trinajstić information content (AvgIpc) is 1.87. The molecule has 0 rings (SSSR count). The molecule has 11 heavy (non-hydrogen) atoms. The van der Waals surface area contributed by atoms with Crippen LogP contribution in [0.25, 0.3) is 0 Å². The predicted molar refractivity (Wildman–Crippen MR) is 51.4 cm³/mol. The van der Waals surface area contributed by atoms with Crippen LogP contribution in [0.2, 0.25) is 0 Å². The number of hydrogen-bond donors (Lipinski definition) is 1. The lowest BCUT2D eigenvalue weighted by atomic mass is 10.3. The van der Waals surface area contributed by atoms with E-state index in [1.165, 1.54) is 0 Å². The van der Waals surface area contributed by atoms with Crippen molar-refractivity contribution in [1.82, 2.24) is 0 Å². The van der Waals surface area contributed by atoms with Crippen molar-refractivity contribution in [2.24, 2.45) is 0 Å². The molecule has 2 unspecified atom stereocenters. The Morgan fingerprint density at radius 3 is 2.36 bits per heavy atom. The highest BCUT2D eigenvalue weighted by atomic mass is 35.5. The van der Waals surface area contributed by atoms with Crippen LogP contribution >= 0.6 is 25.0 Å². The second-order valence-electron chi connectivity index (χ2n) is 2.09. The molecule has 2 atom stereocenters. The molecule has 0 bridgehead atoms. The van der Waals surface area contributed by atoms with Gasteiger partial charge in [-0.3, -0.25) is 0 Å². The van der Waals surface area contributed by atoms with E-state index in [0.29, 0.717) is 0 Å². The predicted octanol–water partition coefficient (Wildman–Crippen LogP) is 1.84. The molecule has 0 aromatic carbocycles. The van der Waals surface area contributed by atoms with Gasteiger partial charge in [0, 0.05) is 11.3 Å². The molecule has 0 spiro atoms. The van der Waals surface area contributed by atoms with Crippen LogP contribution in [0.15, 0.2) is 12.7 Å². The summed E-state index contributed by atoms with van der Waals surface area (Å²) in [6.07, 6.45) is 0.987. The maximum Gasteiger partial charge on any atom is 0.330 e. The third-order valence-corrected chi connectivity index (χ3v) is 1.57. The van der Waals surface area contributed by atoms with E-state index in [4.69, 9.17) is 4.74 Å². The highest BCUT2D eigenvalue weighted by Gasteiger charge is 2.10. The van der Waals surface area contributed by atoms with Gasteiger partial charge in [-0.2, -0.15) is 12.6 Å². The van der Waals surface area contributed by atoms with Crippen LogP contribution in [-0.2, 0) is 9.53 Å². The number of carbonyl (C=O) groups is 1. The van der Waals surface area contributed by atoms with Crippen LogP contribution in [0.5, 0.6) is 0 Å². The summed E-state index contributed by atoms with van der Waals surface area (Å²) >= 11 is 4.09. The number of ether oxygens (including phenoxy) is 1. The Bertz CT molecular complexity index is 136. The Balaban J connectivity index is 0. The average molecular weight is 197 g/mol. The monoisotopic (exact) mass is 196 g/mol. The lowest BCUT2D eigenvalue weighted by Crippen LogP contribution is -2.20. The minimum atomic E-state index is -0.395. The Morgan fingerprint density at radius 2 is 2.09 bits per heavy atom. The van der Waals surface area contributed by atoms with E-state index in [0.717, 1.165) is 6.08 Å². The first-order valence-electron chi connectivity index (χ1n) is 3.09. The molecule has 0 aliphatic rings. The van der Waals surface area contributed by atoms with Gasteiger partial charge in [-0.05, 0) is 13.8 Å². The lowest BCUT2D eigenvalue weighted by Gasteiger charge is -2.13. The summed E-state index contributed by atoms with van der Waals surface area (Å²) in [7, 11) is 0. The van der Waals surface area contributed by atoms with Crippen molar-refractivity contribution in [3.8, 4) is 0 Å². The number of rotatable bonds is 3. The summed E-state index contributed by atoms with van der Waals surface area (Å²) in [5.41, 5.74) is 0. The molecule has 2 nitrogen and oxygen atoms in total. The van der Waals surface area contributed by atoms with E-state index in [1.54, 1.807) is 6.92 Å². The third-order valence-electron chi connectivity index (χ3n) is 1.15. The van der Waals surface area contributed by atoms with Crippen molar-refractivity contribution in [2.45, 2.75) is 25.2 Å². The van der Waals surface area contributed by atoms with E-state index in [2.05, 4.69) is 19.2 Å². The number of hydrogen-bond acceptors (Lipinski definition) is 3. The largest absolute Gasteiger partial charge is 0.458 e. The van der Waals surface area contributed by atoms with Crippen molar-refractivity contribution < 1.29 is 9.53 Å². The zero-order valence-electron chi connectivity index (χ0n) is 6.61. The van der Waals surface area contributed by atoms with Crippen molar-refractivity contribution in [3.63, 3.8) is 0 Å². The van der Waals surface area contributed by atoms with E-state index in [9.17, 15) is 4.79 Å². The van der Waals surface area contributed by atoms with Gasteiger partial charge in [0.05, 0.1) is 0 Å². The van der Waals surface area contributed by atoms with Gasteiger partial charge in [0.1, 0.15) is 6.10 Å². The molecule has 66 valence electrons. The van der Waals surface area contributed by atoms with Crippen molar-refractivity contribution in [2.75, 3.05) is 0 Å². The molecular formula is C7H13ClO2S. The fraction of sp³-hybridized carbons (Fsp3) is 0.571. The second-order valence-corrected chi connectivity index (χ2v) is 2.90. The zero-order valence-corrected chi connectivity index (χ0v) is 8.32. The molecule has 0 amide bonds. The number of esters is 1. The van der Waals surface area contributed by atoms with E-state index < -0.39 is 5.97 Å². The van der Waals surface area contributed by atoms with Crippen molar-refractivity contribution in [1.29, 1.82) is 0 Å². The maximum atomic E-state index is 10.6. The molecule has 0 aliphatic heterocycles. The molecule has 0 heterocycles. The van der Waals surface area contributed by atoms with Crippen molar-refractivity contribution >= 4 is 31.0 Å². The molecule has 0 fully saturated rings. The van der Waals surface area contributed by atoms with Gasteiger partial charge in [0.2, 0.25) is 0 Å². The van der Waals surface area contributed by atoms with Gasteiger partial charge in [-0.15, -0.1) is 12.4 Å². The van der Waals surface area contributed by atoms with Crippen LogP contribution in [0.1, 0.15) is 13.8 Å². The Morgan fingerprint density at radius 1 is 1.64 bits per heavy atom. The molecule has 4 heteroatoms. The summed E-state index contributed by atoms with van der Waals surface area (Å²) in [6.45, 7) is 6.93. The van der Waals surface area contributed by atoms with Gasteiger partial charge < -0.3 is 4.74 Å². The normalized spacial score (nSPS) is 14.1.